The molecule has 0 fully saturated rings. The molecule has 154 valence electrons. The van der Waals surface area contributed by atoms with Crippen molar-refractivity contribution in [3.8, 4) is 5.75 Å². The zero-order chi connectivity index (χ0) is 21.3. The predicted octanol–water partition coefficient (Wildman–Crippen LogP) is 2.00. The van der Waals surface area contributed by atoms with Crippen LogP contribution in [0.2, 0.25) is 0 Å². The molecular formula is C19H26N2O6S. The third-order valence-corrected chi connectivity index (χ3v) is 3.91. The highest BCUT2D eigenvalue weighted by molar-refractivity contribution is 7.80. The molecule has 1 aromatic rings. The number of anilines is 1. The molecule has 0 aliphatic heterocycles. The van der Waals surface area contributed by atoms with E-state index in [2.05, 4.69) is 5.32 Å². The predicted molar refractivity (Wildman–Crippen MR) is 108 cm³/mol. The van der Waals surface area contributed by atoms with E-state index in [9.17, 15) is 14.4 Å². The summed E-state index contributed by atoms with van der Waals surface area (Å²) in [4.78, 5) is 35.0. The monoisotopic (exact) mass is 410 g/mol. The summed E-state index contributed by atoms with van der Waals surface area (Å²) >= 11 is 5.15. The van der Waals surface area contributed by atoms with Crippen LogP contribution >= 0.6 is 12.2 Å². The Balaban J connectivity index is 2.59. The minimum Gasteiger partial charge on any atom is -0.465 e. The van der Waals surface area contributed by atoms with Crippen LogP contribution in [-0.4, -0.2) is 42.2 Å². The van der Waals surface area contributed by atoms with E-state index in [1.54, 1.807) is 38.1 Å². The number of ether oxygens (including phenoxy) is 3. The van der Waals surface area contributed by atoms with Crippen molar-refractivity contribution < 1.29 is 28.6 Å². The van der Waals surface area contributed by atoms with Crippen molar-refractivity contribution in [3.63, 3.8) is 0 Å². The zero-order valence-corrected chi connectivity index (χ0v) is 17.3. The van der Waals surface area contributed by atoms with Crippen molar-refractivity contribution >= 4 is 40.8 Å². The fourth-order valence-electron chi connectivity index (χ4n) is 2.20. The van der Waals surface area contributed by atoms with Gasteiger partial charge in [0.25, 0.3) is 5.91 Å². The quantitative estimate of drug-likeness (QED) is 0.361. The smallest absolute Gasteiger partial charge is 0.303 e. The highest BCUT2D eigenvalue weighted by Gasteiger charge is 2.39. The maximum atomic E-state index is 12.5. The number of amides is 1. The molecule has 0 radical (unpaired) electrons. The number of rotatable bonds is 9. The van der Waals surface area contributed by atoms with Crippen molar-refractivity contribution in [2.24, 2.45) is 5.41 Å². The number of hydrogen-bond donors (Lipinski definition) is 2. The number of nitrogen functional groups attached to an aromatic ring is 1. The molecule has 0 saturated carbocycles. The second kappa shape index (κ2) is 10.6. The van der Waals surface area contributed by atoms with Gasteiger partial charge in [0, 0.05) is 37.9 Å². The summed E-state index contributed by atoms with van der Waals surface area (Å²) in [5.41, 5.74) is 5.30. The molecule has 0 saturated heterocycles. The van der Waals surface area contributed by atoms with E-state index in [0.717, 1.165) is 0 Å². The summed E-state index contributed by atoms with van der Waals surface area (Å²) in [7, 11) is 0. The van der Waals surface area contributed by atoms with Gasteiger partial charge in [0.1, 0.15) is 12.4 Å². The van der Waals surface area contributed by atoms with Gasteiger partial charge in [0.15, 0.2) is 11.2 Å². The fourth-order valence-corrected chi connectivity index (χ4v) is 2.39. The van der Waals surface area contributed by atoms with Gasteiger partial charge in [-0.05, 0) is 36.5 Å². The van der Waals surface area contributed by atoms with Gasteiger partial charge in [0.05, 0.1) is 0 Å². The van der Waals surface area contributed by atoms with Crippen LogP contribution in [0, 0.1) is 5.41 Å². The normalized spacial score (nSPS) is 11.9. The standard InChI is InChI=1S/C19H26N2O6S/c1-12(22)25-11-19(3,4)17(26-13(2)23)18(24)21-10-9-16(28)27-15-7-5-14(20)6-8-15/h5-8,17H,9-11,20H2,1-4H3,(H,21,24). The average Bonchev–Trinajstić information content (AvgIpc) is 2.59. The van der Waals surface area contributed by atoms with Crippen molar-refractivity contribution in [1.82, 2.24) is 5.32 Å². The molecule has 1 aromatic carbocycles. The van der Waals surface area contributed by atoms with Crippen molar-refractivity contribution in [3.05, 3.63) is 24.3 Å². The molecule has 0 heterocycles. The molecule has 0 bridgehead atoms. The van der Waals surface area contributed by atoms with Gasteiger partial charge >= 0.3 is 11.9 Å². The Kier molecular flexibility index (Phi) is 8.84. The largest absolute Gasteiger partial charge is 0.465 e. The van der Waals surface area contributed by atoms with Crippen molar-refractivity contribution in [2.45, 2.75) is 40.2 Å². The van der Waals surface area contributed by atoms with E-state index in [4.69, 9.17) is 32.2 Å². The van der Waals surface area contributed by atoms with Gasteiger partial charge in [-0.1, -0.05) is 13.8 Å². The minimum atomic E-state index is -1.13. The van der Waals surface area contributed by atoms with Gasteiger partial charge in [-0.25, -0.2) is 0 Å². The van der Waals surface area contributed by atoms with E-state index in [1.165, 1.54) is 13.8 Å². The molecule has 1 unspecified atom stereocenters. The van der Waals surface area contributed by atoms with Gasteiger partial charge < -0.3 is 25.3 Å². The molecule has 9 heteroatoms. The lowest BCUT2D eigenvalue weighted by Gasteiger charge is -2.31. The van der Waals surface area contributed by atoms with E-state index in [1.807, 2.05) is 0 Å². The molecular weight excluding hydrogens is 384 g/mol. The summed E-state index contributed by atoms with van der Waals surface area (Å²) in [5.74, 6) is -1.06. The first-order chi connectivity index (χ1) is 13.0. The van der Waals surface area contributed by atoms with Crippen LogP contribution in [0.4, 0.5) is 5.69 Å². The number of nitrogens with two attached hydrogens (primary N) is 1. The van der Waals surface area contributed by atoms with Crippen LogP contribution in [0.1, 0.15) is 34.1 Å². The molecule has 0 spiro atoms. The topological polar surface area (TPSA) is 117 Å². The van der Waals surface area contributed by atoms with E-state index in [-0.39, 0.29) is 24.6 Å². The van der Waals surface area contributed by atoms with Crippen LogP contribution < -0.4 is 15.8 Å². The molecule has 8 nitrogen and oxygen atoms in total. The van der Waals surface area contributed by atoms with Crippen molar-refractivity contribution in [1.29, 1.82) is 0 Å². The molecule has 0 aromatic heterocycles. The third-order valence-electron chi connectivity index (χ3n) is 3.62. The number of nitrogens with one attached hydrogen (secondary N) is 1. The SMILES string of the molecule is CC(=O)OCC(C)(C)C(OC(C)=O)C(=O)NCCC(=S)Oc1ccc(N)cc1. The highest BCUT2D eigenvalue weighted by atomic mass is 32.1. The minimum absolute atomic E-state index is 0.0770. The lowest BCUT2D eigenvalue weighted by Crippen LogP contribution is -2.49. The van der Waals surface area contributed by atoms with Crippen LogP contribution in [0.15, 0.2) is 24.3 Å². The summed E-state index contributed by atoms with van der Waals surface area (Å²) in [6.07, 6.45) is -0.848. The highest BCUT2D eigenvalue weighted by Crippen LogP contribution is 2.25. The van der Waals surface area contributed by atoms with E-state index in [0.29, 0.717) is 11.4 Å². The second-order valence-electron chi connectivity index (χ2n) is 6.84. The Labute approximate surface area is 169 Å². The van der Waals surface area contributed by atoms with Gasteiger partial charge in [0.2, 0.25) is 0 Å². The summed E-state index contributed by atoms with van der Waals surface area (Å²) in [6.45, 7) is 5.91. The average molecular weight is 410 g/mol. The molecule has 28 heavy (non-hydrogen) atoms. The van der Waals surface area contributed by atoms with Gasteiger partial charge in [-0.2, -0.15) is 0 Å². The maximum absolute atomic E-state index is 12.5. The second-order valence-corrected chi connectivity index (χ2v) is 7.30. The first kappa shape index (κ1) is 23.4. The lowest BCUT2D eigenvalue weighted by molar-refractivity contribution is -0.166. The molecule has 3 N–H and O–H groups in total. The third kappa shape index (κ3) is 8.34. The number of hydrogen-bond acceptors (Lipinski definition) is 8. The first-order valence-electron chi connectivity index (χ1n) is 8.66. The zero-order valence-electron chi connectivity index (χ0n) is 16.4. The van der Waals surface area contributed by atoms with Crippen LogP contribution in [-0.2, 0) is 23.9 Å². The number of esters is 2. The Hall–Kier alpha value is -2.68. The van der Waals surface area contributed by atoms with Gasteiger partial charge in [-0.15, -0.1) is 0 Å². The van der Waals surface area contributed by atoms with Crippen molar-refractivity contribution in [2.75, 3.05) is 18.9 Å². The van der Waals surface area contributed by atoms with E-state index < -0.39 is 29.4 Å². The Bertz CT molecular complexity index is 718. The molecule has 1 atom stereocenters. The molecule has 1 rings (SSSR count). The Morgan fingerprint density at radius 2 is 1.75 bits per heavy atom. The molecule has 0 aliphatic rings. The number of thiocarbonyl (C=S) groups is 1. The molecule has 0 aliphatic carbocycles. The lowest BCUT2D eigenvalue weighted by atomic mass is 9.86. The van der Waals surface area contributed by atoms with Crippen LogP contribution in [0.25, 0.3) is 0 Å². The Morgan fingerprint density at radius 3 is 2.29 bits per heavy atom. The summed E-state index contributed by atoms with van der Waals surface area (Å²) in [5, 5.41) is 2.95. The maximum Gasteiger partial charge on any atom is 0.303 e. The first-order valence-corrected chi connectivity index (χ1v) is 9.06. The Morgan fingerprint density at radius 1 is 1.14 bits per heavy atom. The fraction of sp³-hybridized carbons (Fsp3) is 0.474. The van der Waals surface area contributed by atoms with Gasteiger partial charge in [-0.3, -0.25) is 14.4 Å². The number of carbonyl (C=O) groups excluding carboxylic acids is 3. The summed E-state index contributed by atoms with van der Waals surface area (Å²) in [6, 6.07) is 6.76. The van der Waals surface area contributed by atoms with Crippen LogP contribution in [0.5, 0.6) is 5.75 Å². The number of carbonyl (C=O) groups is 3. The summed E-state index contributed by atoms with van der Waals surface area (Å²) < 4.78 is 15.6. The van der Waals surface area contributed by atoms with Crippen LogP contribution in [0.3, 0.4) is 0 Å². The number of benzene rings is 1. The molecule has 1 amide bonds. The van der Waals surface area contributed by atoms with E-state index >= 15 is 0 Å².